The van der Waals surface area contributed by atoms with E-state index in [4.69, 9.17) is 0 Å². The molecule has 1 saturated heterocycles. The molecule has 1 atom stereocenters. The molecule has 0 saturated carbocycles. The van der Waals surface area contributed by atoms with E-state index in [1.807, 2.05) is 18.3 Å². The van der Waals surface area contributed by atoms with Crippen molar-refractivity contribution in [2.24, 2.45) is 0 Å². The molecule has 0 amide bonds. The standard InChI is InChI=1S/C13H21N3O/c1-2-12(11-17)15-7-9-16(10-8-15)13-5-3-4-6-14-13/h3-6,12,17H,2,7-11H2,1H3/t12-/m0/s1. The molecular formula is C13H21N3O. The van der Waals surface area contributed by atoms with Crippen molar-refractivity contribution in [3.63, 3.8) is 0 Å². The van der Waals surface area contributed by atoms with Crippen LogP contribution in [0.3, 0.4) is 0 Å². The van der Waals surface area contributed by atoms with E-state index in [9.17, 15) is 5.11 Å². The summed E-state index contributed by atoms with van der Waals surface area (Å²) < 4.78 is 0. The Bertz CT molecular complexity index is 319. The van der Waals surface area contributed by atoms with Gasteiger partial charge in [-0.15, -0.1) is 0 Å². The zero-order valence-electron chi connectivity index (χ0n) is 10.4. The number of rotatable bonds is 4. The van der Waals surface area contributed by atoms with E-state index in [1.165, 1.54) is 0 Å². The molecule has 0 aromatic carbocycles. The maximum atomic E-state index is 9.29. The lowest BCUT2D eigenvalue weighted by molar-refractivity contribution is 0.114. The highest BCUT2D eigenvalue weighted by atomic mass is 16.3. The first kappa shape index (κ1) is 12.3. The van der Waals surface area contributed by atoms with Crippen LogP contribution >= 0.6 is 0 Å². The third kappa shape index (κ3) is 2.96. The highest BCUT2D eigenvalue weighted by Crippen LogP contribution is 2.14. The van der Waals surface area contributed by atoms with E-state index >= 15 is 0 Å². The summed E-state index contributed by atoms with van der Waals surface area (Å²) >= 11 is 0. The van der Waals surface area contributed by atoms with Gasteiger partial charge in [0, 0.05) is 38.4 Å². The SMILES string of the molecule is CC[C@@H](CO)N1CCN(c2ccccn2)CC1. The first-order chi connectivity index (χ1) is 8.35. The fourth-order valence-electron chi connectivity index (χ4n) is 2.36. The molecule has 17 heavy (non-hydrogen) atoms. The van der Waals surface area contributed by atoms with Crippen molar-refractivity contribution < 1.29 is 5.11 Å². The van der Waals surface area contributed by atoms with Crippen molar-refractivity contribution in [3.8, 4) is 0 Å². The second-order valence-corrected chi connectivity index (χ2v) is 4.46. The molecule has 0 aliphatic carbocycles. The molecule has 4 nitrogen and oxygen atoms in total. The van der Waals surface area contributed by atoms with Crippen LogP contribution in [0.1, 0.15) is 13.3 Å². The Kier molecular flexibility index (Phi) is 4.34. The molecule has 2 heterocycles. The van der Waals surface area contributed by atoms with E-state index in [0.717, 1.165) is 38.4 Å². The summed E-state index contributed by atoms with van der Waals surface area (Å²) in [6, 6.07) is 6.34. The van der Waals surface area contributed by atoms with Crippen molar-refractivity contribution in [2.75, 3.05) is 37.7 Å². The van der Waals surface area contributed by atoms with Gasteiger partial charge in [-0.1, -0.05) is 13.0 Å². The van der Waals surface area contributed by atoms with Crippen LogP contribution in [0.25, 0.3) is 0 Å². The third-order valence-corrected chi connectivity index (χ3v) is 3.49. The van der Waals surface area contributed by atoms with Crippen molar-refractivity contribution in [1.29, 1.82) is 0 Å². The Morgan fingerprint density at radius 1 is 1.29 bits per heavy atom. The van der Waals surface area contributed by atoms with Crippen LogP contribution < -0.4 is 4.90 Å². The topological polar surface area (TPSA) is 39.6 Å². The number of aliphatic hydroxyl groups excluding tert-OH is 1. The van der Waals surface area contributed by atoms with E-state index < -0.39 is 0 Å². The Morgan fingerprint density at radius 3 is 2.59 bits per heavy atom. The molecule has 1 fully saturated rings. The van der Waals surface area contributed by atoms with Gasteiger partial charge in [0.05, 0.1) is 6.61 Å². The van der Waals surface area contributed by atoms with E-state index in [-0.39, 0.29) is 6.61 Å². The predicted octanol–water partition coefficient (Wildman–Crippen LogP) is 0.974. The number of piperazine rings is 1. The van der Waals surface area contributed by atoms with Crippen molar-refractivity contribution in [1.82, 2.24) is 9.88 Å². The second kappa shape index (κ2) is 5.98. The van der Waals surface area contributed by atoms with Gasteiger partial charge in [0.25, 0.3) is 0 Å². The van der Waals surface area contributed by atoms with Crippen LogP contribution in [0.4, 0.5) is 5.82 Å². The van der Waals surface area contributed by atoms with Crippen LogP contribution in [-0.2, 0) is 0 Å². The average Bonchev–Trinajstić information content (AvgIpc) is 2.42. The van der Waals surface area contributed by atoms with Crippen LogP contribution in [0.2, 0.25) is 0 Å². The van der Waals surface area contributed by atoms with Crippen LogP contribution in [0, 0.1) is 0 Å². The van der Waals surface area contributed by atoms with Gasteiger partial charge in [0.2, 0.25) is 0 Å². The zero-order chi connectivity index (χ0) is 12.1. The Balaban J connectivity index is 1.90. The Hall–Kier alpha value is -1.13. The van der Waals surface area contributed by atoms with Crippen LogP contribution in [0.15, 0.2) is 24.4 Å². The molecule has 0 radical (unpaired) electrons. The van der Waals surface area contributed by atoms with Gasteiger partial charge < -0.3 is 10.0 Å². The monoisotopic (exact) mass is 235 g/mol. The van der Waals surface area contributed by atoms with Crippen LogP contribution in [-0.4, -0.2) is 53.8 Å². The minimum Gasteiger partial charge on any atom is -0.395 e. The molecule has 0 unspecified atom stereocenters. The summed E-state index contributed by atoms with van der Waals surface area (Å²) in [5.41, 5.74) is 0. The van der Waals surface area contributed by atoms with Gasteiger partial charge in [-0.3, -0.25) is 4.90 Å². The smallest absolute Gasteiger partial charge is 0.128 e. The molecule has 94 valence electrons. The minimum absolute atomic E-state index is 0.264. The predicted molar refractivity (Wildman–Crippen MR) is 69.2 cm³/mol. The molecule has 1 aromatic heterocycles. The third-order valence-electron chi connectivity index (χ3n) is 3.49. The summed E-state index contributed by atoms with van der Waals surface area (Å²) in [4.78, 5) is 9.05. The zero-order valence-corrected chi connectivity index (χ0v) is 10.4. The van der Waals surface area contributed by atoms with E-state index in [0.29, 0.717) is 6.04 Å². The minimum atomic E-state index is 0.264. The van der Waals surface area contributed by atoms with Crippen molar-refractivity contribution in [3.05, 3.63) is 24.4 Å². The quantitative estimate of drug-likeness (QED) is 0.844. The van der Waals surface area contributed by atoms with Gasteiger partial charge in [0.1, 0.15) is 5.82 Å². The summed E-state index contributed by atoms with van der Waals surface area (Å²) in [5.74, 6) is 1.06. The Morgan fingerprint density at radius 2 is 2.06 bits per heavy atom. The number of pyridine rings is 1. The first-order valence-electron chi connectivity index (χ1n) is 6.36. The summed E-state index contributed by atoms with van der Waals surface area (Å²) in [5, 5.41) is 9.29. The summed E-state index contributed by atoms with van der Waals surface area (Å²) in [7, 11) is 0. The van der Waals surface area contributed by atoms with Crippen LogP contribution in [0.5, 0.6) is 0 Å². The molecule has 1 aliphatic rings. The molecule has 2 rings (SSSR count). The summed E-state index contributed by atoms with van der Waals surface area (Å²) in [6.45, 7) is 6.40. The lowest BCUT2D eigenvalue weighted by atomic mass is 10.1. The normalized spacial score (nSPS) is 19.3. The number of aromatic nitrogens is 1. The van der Waals surface area contributed by atoms with Gasteiger partial charge in [-0.25, -0.2) is 4.98 Å². The molecule has 1 aliphatic heterocycles. The maximum absolute atomic E-state index is 9.29. The second-order valence-electron chi connectivity index (χ2n) is 4.46. The van der Waals surface area contributed by atoms with Crippen molar-refractivity contribution in [2.45, 2.75) is 19.4 Å². The lowest BCUT2D eigenvalue weighted by Crippen LogP contribution is -2.51. The number of hydrogen-bond donors (Lipinski definition) is 1. The number of hydrogen-bond acceptors (Lipinski definition) is 4. The highest BCUT2D eigenvalue weighted by Gasteiger charge is 2.22. The number of nitrogens with zero attached hydrogens (tertiary/aromatic N) is 3. The molecule has 0 bridgehead atoms. The number of anilines is 1. The van der Waals surface area contributed by atoms with E-state index in [2.05, 4.69) is 27.8 Å². The average molecular weight is 235 g/mol. The molecule has 0 spiro atoms. The van der Waals surface area contributed by atoms with Gasteiger partial charge >= 0.3 is 0 Å². The van der Waals surface area contributed by atoms with E-state index in [1.54, 1.807) is 0 Å². The van der Waals surface area contributed by atoms with Gasteiger partial charge in [-0.2, -0.15) is 0 Å². The summed E-state index contributed by atoms with van der Waals surface area (Å²) in [6.07, 6.45) is 2.85. The highest BCUT2D eigenvalue weighted by molar-refractivity contribution is 5.38. The molecular weight excluding hydrogens is 214 g/mol. The molecule has 1 aromatic rings. The molecule has 4 heteroatoms. The fraction of sp³-hybridized carbons (Fsp3) is 0.615. The Labute approximate surface area is 103 Å². The van der Waals surface area contributed by atoms with Gasteiger partial charge in [-0.05, 0) is 18.6 Å². The largest absolute Gasteiger partial charge is 0.395 e. The lowest BCUT2D eigenvalue weighted by Gasteiger charge is -2.38. The molecule has 1 N–H and O–H groups in total. The first-order valence-corrected chi connectivity index (χ1v) is 6.36. The van der Waals surface area contributed by atoms with Gasteiger partial charge in [0.15, 0.2) is 0 Å². The number of aliphatic hydroxyl groups is 1. The van der Waals surface area contributed by atoms with Crippen molar-refractivity contribution >= 4 is 5.82 Å². The maximum Gasteiger partial charge on any atom is 0.128 e. The fourth-order valence-corrected chi connectivity index (χ4v) is 2.36.